The van der Waals surface area contributed by atoms with Crippen LogP contribution in [0.3, 0.4) is 0 Å². The number of nitrogens with zero attached hydrogens (tertiary/aromatic N) is 4. The Bertz CT molecular complexity index is 826. The second-order valence-electron chi connectivity index (χ2n) is 4.18. The zero-order valence-corrected chi connectivity index (χ0v) is 11.6. The molecule has 21 heavy (non-hydrogen) atoms. The SMILES string of the molecule is NC(N)=N/N=C/c1c(-c2ccc(F)cc2)nc2sccn12. The molecular weight excluding hydrogens is 291 g/mol. The van der Waals surface area contributed by atoms with Gasteiger partial charge >= 0.3 is 0 Å². The van der Waals surface area contributed by atoms with E-state index in [9.17, 15) is 4.39 Å². The van der Waals surface area contributed by atoms with E-state index in [4.69, 9.17) is 11.5 Å². The summed E-state index contributed by atoms with van der Waals surface area (Å²) in [6.45, 7) is 0. The van der Waals surface area contributed by atoms with Crippen LogP contribution < -0.4 is 11.5 Å². The van der Waals surface area contributed by atoms with Gasteiger partial charge in [-0.15, -0.1) is 16.4 Å². The summed E-state index contributed by atoms with van der Waals surface area (Å²) in [4.78, 5) is 5.33. The van der Waals surface area contributed by atoms with Gasteiger partial charge in [-0.25, -0.2) is 9.37 Å². The zero-order chi connectivity index (χ0) is 14.8. The molecule has 0 fully saturated rings. The fraction of sp³-hybridized carbons (Fsp3) is 0. The second-order valence-corrected chi connectivity index (χ2v) is 5.05. The third-order valence-electron chi connectivity index (χ3n) is 2.77. The first-order chi connectivity index (χ1) is 10.1. The van der Waals surface area contributed by atoms with Gasteiger partial charge in [0.25, 0.3) is 0 Å². The van der Waals surface area contributed by atoms with Crippen LogP contribution in [-0.2, 0) is 0 Å². The van der Waals surface area contributed by atoms with Gasteiger partial charge < -0.3 is 11.5 Å². The monoisotopic (exact) mass is 302 g/mol. The molecule has 3 rings (SSSR count). The summed E-state index contributed by atoms with van der Waals surface area (Å²) < 4.78 is 14.9. The van der Waals surface area contributed by atoms with Crippen LogP contribution in [-0.4, -0.2) is 21.6 Å². The summed E-state index contributed by atoms with van der Waals surface area (Å²) in [5.41, 5.74) is 12.7. The summed E-state index contributed by atoms with van der Waals surface area (Å²) in [6.07, 6.45) is 3.39. The Morgan fingerprint density at radius 3 is 2.76 bits per heavy atom. The van der Waals surface area contributed by atoms with Crippen molar-refractivity contribution in [2.45, 2.75) is 0 Å². The van der Waals surface area contributed by atoms with E-state index < -0.39 is 0 Å². The maximum Gasteiger partial charge on any atom is 0.211 e. The highest BCUT2D eigenvalue weighted by Gasteiger charge is 2.13. The molecule has 0 spiro atoms. The van der Waals surface area contributed by atoms with Gasteiger partial charge in [0.2, 0.25) is 5.96 Å². The molecule has 1 aromatic carbocycles. The van der Waals surface area contributed by atoms with E-state index in [1.807, 2.05) is 16.0 Å². The maximum atomic E-state index is 13.0. The number of fused-ring (bicyclic) bond motifs is 1. The van der Waals surface area contributed by atoms with Crippen molar-refractivity contribution in [3.63, 3.8) is 0 Å². The number of hydrogen-bond acceptors (Lipinski definition) is 4. The first-order valence-electron chi connectivity index (χ1n) is 5.98. The normalized spacial score (nSPS) is 11.3. The van der Waals surface area contributed by atoms with Gasteiger partial charge in [0, 0.05) is 17.1 Å². The number of imidazole rings is 1. The van der Waals surface area contributed by atoms with E-state index in [0.29, 0.717) is 5.69 Å². The van der Waals surface area contributed by atoms with E-state index in [0.717, 1.165) is 16.2 Å². The highest BCUT2D eigenvalue weighted by Crippen LogP contribution is 2.25. The van der Waals surface area contributed by atoms with Crippen LogP contribution in [0.4, 0.5) is 4.39 Å². The van der Waals surface area contributed by atoms with Crippen molar-refractivity contribution in [3.05, 3.63) is 47.4 Å². The molecule has 2 aromatic heterocycles. The second kappa shape index (κ2) is 5.33. The summed E-state index contributed by atoms with van der Waals surface area (Å²) in [5.74, 6) is -0.420. The molecule has 0 aliphatic rings. The van der Waals surface area contributed by atoms with Crippen LogP contribution in [0.1, 0.15) is 5.69 Å². The van der Waals surface area contributed by atoms with Crippen LogP contribution >= 0.6 is 11.3 Å². The minimum absolute atomic E-state index is 0.124. The van der Waals surface area contributed by atoms with Crippen molar-refractivity contribution in [2.75, 3.05) is 0 Å². The quantitative estimate of drug-likeness (QED) is 0.439. The van der Waals surface area contributed by atoms with Crippen LogP contribution in [0.15, 0.2) is 46.0 Å². The fourth-order valence-corrected chi connectivity index (χ4v) is 2.62. The topological polar surface area (TPSA) is 94.1 Å². The Morgan fingerprint density at radius 2 is 2.05 bits per heavy atom. The van der Waals surface area contributed by atoms with Crippen molar-refractivity contribution in [1.82, 2.24) is 9.38 Å². The van der Waals surface area contributed by atoms with Crippen molar-refractivity contribution < 1.29 is 4.39 Å². The molecule has 3 aromatic rings. The number of thiazole rings is 1. The third-order valence-corrected chi connectivity index (χ3v) is 3.53. The van der Waals surface area contributed by atoms with Gasteiger partial charge in [0.15, 0.2) is 4.96 Å². The van der Waals surface area contributed by atoms with E-state index in [2.05, 4.69) is 15.2 Å². The smallest absolute Gasteiger partial charge is 0.211 e. The summed E-state index contributed by atoms with van der Waals surface area (Å²) in [7, 11) is 0. The molecule has 4 N–H and O–H groups in total. The molecule has 6 nitrogen and oxygen atoms in total. The molecule has 0 atom stereocenters. The minimum atomic E-state index is -0.296. The number of nitrogens with two attached hydrogens (primary N) is 2. The van der Waals surface area contributed by atoms with E-state index in [1.165, 1.54) is 29.7 Å². The lowest BCUT2D eigenvalue weighted by Crippen LogP contribution is -2.21. The number of hydrogen-bond donors (Lipinski definition) is 2. The number of benzene rings is 1. The Balaban J connectivity index is 2.13. The maximum absolute atomic E-state index is 13.0. The predicted molar refractivity (Wildman–Crippen MR) is 81.9 cm³/mol. The first-order valence-corrected chi connectivity index (χ1v) is 6.86. The number of halogens is 1. The number of aromatic nitrogens is 2. The lowest BCUT2D eigenvalue weighted by atomic mass is 10.1. The van der Waals surface area contributed by atoms with Gasteiger partial charge in [-0.1, -0.05) is 0 Å². The van der Waals surface area contributed by atoms with Crippen LogP contribution in [0.5, 0.6) is 0 Å². The Hall–Kier alpha value is -2.74. The number of guanidine groups is 1. The molecular formula is C13H11FN6S. The molecule has 0 saturated carbocycles. The highest BCUT2D eigenvalue weighted by atomic mass is 32.1. The molecule has 8 heteroatoms. The highest BCUT2D eigenvalue weighted by molar-refractivity contribution is 7.15. The van der Waals surface area contributed by atoms with Gasteiger partial charge in [0.1, 0.15) is 5.82 Å². The Labute approximate surface area is 123 Å². The van der Waals surface area contributed by atoms with Crippen molar-refractivity contribution in [3.8, 4) is 11.3 Å². The van der Waals surface area contributed by atoms with Crippen LogP contribution in [0, 0.1) is 5.82 Å². The van der Waals surface area contributed by atoms with Gasteiger partial charge in [0.05, 0.1) is 17.6 Å². The Kier molecular flexibility index (Phi) is 3.36. The Morgan fingerprint density at radius 1 is 1.29 bits per heavy atom. The van der Waals surface area contributed by atoms with E-state index in [1.54, 1.807) is 12.1 Å². The molecule has 0 aliphatic carbocycles. The standard InChI is InChI=1S/C13H11FN6S/c14-9-3-1-8(2-4-9)11-10(7-17-19-12(15)16)20-5-6-21-13(20)18-11/h1-7H,(H4,15,16,19)/b17-7+. The van der Waals surface area contributed by atoms with Crippen molar-refractivity contribution in [1.29, 1.82) is 0 Å². The molecule has 106 valence electrons. The zero-order valence-electron chi connectivity index (χ0n) is 10.8. The largest absolute Gasteiger partial charge is 0.369 e. The van der Waals surface area contributed by atoms with Gasteiger partial charge in [-0.3, -0.25) is 4.40 Å². The molecule has 0 radical (unpaired) electrons. The van der Waals surface area contributed by atoms with E-state index in [-0.39, 0.29) is 11.8 Å². The molecule has 0 amide bonds. The summed E-state index contributed by atoms with van der Waals surface area (Å²) in [5, 5.41) is 9.32. The summed E-state index contributed by atoms with van der Waals surface area (Å²) >= 11 is 1.49. The van der Waals surface area contributed by atoms with E-state index >= 15 is 0 Å². The van der Waals surface area contributed by atoms with Crippen molar-refractivity contribution in [2.24, 2.45) is 21.7 Å². The molecule has 0 unspecified atom stereocenters. The van der Waals surface area contributed by atoms with Crippen LogP contribution in [0.25, 0.3) is 16.2 Å². The van der Waals surface area contributed by atoms with Crippen molar-refractivity contribution >= 4 is 28.5 Å². The van der Waals surface area contributed by atoms with Crippen LogP contribution in [0.2, 0.25) is 0 Å². The minimum Gasteiger partial charge on any atom is -0.369 e. The summed E-state index contributed by atoms with van der Waals surface area (Å²) in [6, 6.07) is 6.11. The fourth-order valence-electron chi connectivity index (χ4n) is 1.90. The predicted octanol–water partition coefficient (Wildman–Crippen LogP) is 1.81. The first kappa shape index (κ1) is 13.3. The lowest BCUT2D eigenvalue weighted by molar-refractivity contribution is 0.628. The molecule has 0 aliphatic heterocycles. The average Bonchev–Trinajstić information content (AvgIpc) is 3.01. The third kappa shape index (κ3) is 2.61. The average molecular weight is 302 g/mol. The molecule has 2 heterocycles. The van der Waals surface area contributed by atoms with Gasteiger partial charge in [-0.05, 0) is 24.3 Å². The van der Waals surface area contributed by atoms with Gasteiger partial charge in [-0.2, -0.15) is 5.10 Å². The molecule has 0 saturated heterocycles. The molecule has 0 bridgehead atoms. The number of rotatable bonds is 3. The lowest BCUT2D eigenvalue weighted by Gasteiger charge is -1.99.